The maximum absolute atomic E-state index is 12.4. The highest BCUT2D eigenvalue weighted by atomic mass is 32.2. The molecule has 23 heavy (non-hydrogen) atoms. The van der Waals surface area contributed by atoms with Crippen LogP contribution in [0.3, 0.4) is 0 Å². The number of hydrogen-bond acceptors (Lipinski definition) is 5. The van der Waals surface area contributed by atoms with E-state index in [1.165, 1.54) is 18.2 Å². The molecule has 3 aromatic rings. The summed E-state index contributed by atoms with van der Waals surface area (Å²) in [4.78, 5) is 13.6. The maximum atomic E-state index is 12.4. The second kappa shape index (κ2) is 5.81. The van der Waals surface area contributed by atoms with Crippen LogP contribution in [0.25, 0.3) is 11.1 Å². The third kappa shape index (κ3) is 3.21. The number of ether oxygens (including phenoxy) is 1. The highest BCUT2D eigenvalue weighted by Crippen LogP contribution is 2.21. The zero-order valence-electron chi connectivity index (χ0n) is 12.2. The lowest BCUT2D eigenvalue weighted by molar-refractivity contribution is 0.340. The van der Waals surface area contributed by atoms with Crippen molar-refractivity contribution in [3.05, 3.63) is 53.0 Å². The number of H-pyrrole nitrogens is 1. The minimum absolute atomic E-state index is 0.0240. The maximum Gasteiger partial charge on any atom is 0.417 e. The van der Waals surface area contributed by atoms with Gasteiger partial charge < -0.3 is 9.15 Å². The minimum atomic E-state index is -3.78. The average Bonchev–Trinajstić information content (AvgIpc) is 2.88. The molecule has 0 aliphatic heterocycles. The Morgan fingerprint density at radius 3 is 2.61 bits per heavy atom. The van der Waals surface area contributed by atoms with Crippen LogP contribution in [-0.4, -0.2) is 20.0 Å². The first kappa shape index (κ1) is 15.2. The molecule has 0 atom stereocenters. The first-order chi connectivity index (χ1) is 11.0. The standard InChI is InChI=1S/C15H14N2O5S/c1-2-21-11-5-3-10(4-6-11)17-23(19,20)12-7-8-14-13(9-12)16-15(18)22-14/h3-9,17H,2H2,1H3,(H,16,18). The fourth-order valence-corrected chi connectivity index (χ4v) is 3.18. The Morgan fingerprint density at radius 1 is 1.17 bits per heavy atom. The molecule has 0 radical (unpaired) electrons. The topological polar surface area (TPSA) is 101 Å². The van der Waals surface area contributed by atoms with E-state index >= 15 is 0 Å². The molecule has 2 aromatic carbocycles. The van der Waals surface area contributed by atoms with E-state index in [2.05, 4.69) is 9.71 Å². The second-order valence-corrected chi connectivity index (χ2v) is 6.42. The van der Waals surface area contributed by atoms with Gasteiger partial charge in [0.25, 0.3) is 10.0 Å². The first-order valence-electron chi connectivity index (χ1n) is 6.86. The Balaban J connectivity index is 1.88. The Hall–Kier alpha value is -2.74. The molecule has 120 valence electrons. The van der Waals surface area contributed by atoms with Crippen LogP contribution in [0, 0.1) is 0 Å². The SMILES string of the molecule is CCOc1ccc(NS(=O)(=O)c2ccc3oc(=O)[nH]c3c2)cc1. The van der Waals surface area contributed by atoms with Gasteiger partial charge in [-0.15, -0.1) is 0 Å². The number of anilines is 1. The summed E-state index contributed by atoms with van der Waals surface area (Å²) in [7, 11) is -3.78. The number of benzene rings is 2. The number of aromatic nitrogens is 1. The van der Waals surface area contributed by atoms with Gasteiger partial charge in [0.15, 0.2) is 5.58 Å². The largest absolute Gasteiger partial charge is 0.494 e. The monoisotopic (exact) mass is 334 g/mol. The molecular formula is C15H14N2O5S. The number of oxazole rings is 1. The van der Waals surface area contributed by atoms with Crippen molar-refractivity contribution in [1.82, 2.24) is 4.98 Å². The summed E-state index contributed by atoms with van der Waals surface area (Å²) in [5, 5.41) is 0. The van der Waals surface area contributed by atoms with E-state index in [4.69, 9.17) is 9.15 Å². The van der Waals surface area contributed by atoms with Crippen molar-refractivity contribution in [1.29, 1.82) is 0 Å². The lowest BCUT2D eigenvalue weighted by Gasteiger charge is -2.09. The molecule has 0 saturated carbocycles. The van der Waals surface area contributed by atoms with E-state index in [0.29, 0.717) is 29.1 Å². The Bertz CT molecular complexity index is 987. The summed E-state index contributed by atoms with van der Waals surface area (Å²) in [6.07, 6.45) is 0. The fourth-order valence-electron chi connectivity index (χ4n) is 2.10. The summed E-state index contributed by atoms with van der Waals surface area (Å²) in [6, 6.07) is 10.7. The van der Waals surface area contributed by atoms with Gasteiger partial charge in [0.2, 0.25) is 0 Å². The number of sulfonamides is 1. The molecule has 2 N–H and O–H groups in total. The lowest BCUT2D eigenvalue weighted by Crippen LogP contribution is -2.12. The Morgan fingerprint density at radius 2 is 1.91 bits per heavy atom. The molecule has 0 fully saturated rings. The van der Waals surface area contributed by atoms with Gasteiger partial charge in [-0.2, -0.15) is 0 Å². The summed E-state index contributed by atoms with van der Waals surface area (Å²) in [5.74, 6) is 0.0295. The zero-order valence-corrected chi connectivity index (χ0v) is 13.0. The van der Waals surface area contributed by atoms with E-state index < -0.39 is 15.8 Å². The van der Waals surface area contributed by atoms with Crippen molar-refractivity contribution < 1.29 is 17.6 Å². The van der Waals surface area contributed by atoms with Crippen LogP contribution in [0.2, 0.25) is 0 Å². The van der Waals surface area contributed by atoms with Gasteiger partial charge in [-0.3, -0.25) is 9.71 Å². The van der Waals surface area contributed by atoms with Gasteiger partial charge >= 0.3 is 5.76 Å². The van der Waals surface area contributed by atoms with Crippen molar-refractivity contribution in [3.8, 4) is 5.75 Å². The van der Waals surface area contributed by atoms with Crippen molar-refractivity contribution in [2.75, 3.05) is 11.3 Å². The van der Waals surface area contributed by atoms with Crippen molar-refractivity contribution in [3.63, 3.8) is 0 Å². The van der Waals surface area contributed by atoms with Gasteiger partial charge in [-0.05, 0) is 49.4 Å². The smallest absolute Gasteiger partial charge is 0.417 e. The van der Waals surface area contributed by atoms with Crippen LogP contribution in [0.15, 0.2) is 56.6 Å². The van der Waals surface area contributed by atoms with Crippen molar-refractivity contribution in [2.45, 2.75) is 11.8 Å². The van der Waals surface area contributed by atoms with Crippen molar-refractivity contribution in [2.24, 2.45) is 0 Å². The molecule has 3 rings (SSSR count). The predicted octanol–water partition coefficient (Wildman–Crippen LogP) is 2.32. The van der Waals surface area contributed by atoms with E-state index in [1.54, 1.807) is 24.3 Å². The number of fused-ring (bicyclic) bond motifs is 1. The summed E-state index contributed by atoms with van der Waals surface area (Å²) in [6.45, 7) is 2.40. The molecule has 1 aromatic heterocycles. The van der Waals surface area contributed by atoms with E-state index in [9.17, 15) is 13.2 Å². The van der Waals surface area contributed by atoms with Crippen LogP contribution < -0.4 is 15.2 Å². The molecule has 0 aliphatic carbocycles. The first-order valence-corrected chi connectivity index (χ1v) is 8.35. The number of rotatable bonds is 5. The van der Waals surface area contributed by atoms with E-state index in [-0.39, 0.29) is 4.90 Å². The van der Waals surface area contributed by atoms with E-state index in [0.717, 1.165) is 0 Å². The van der Waals surface area contributed by atoms with E-state index in [1.807, 2.05) is 6.92 Å². The normalized spacial score (nSPS) is 11.5. The quantitative estimate of drug-likeness (QED) is 0.745. The minimum Gasteiger partial charge on any atom is -0.494 e. The molecule has 0 unspecified atom stereocenters. The number of aromatic amines is 1. The van der Waals surface area contributed by atoms with Gasteiger partial charge in [-0.25, -0.2) is 13.2 Å². The summed E-state index contributed by atoms with van der Waals surface area (Å²) < 4.78 is 37.4. The third-order valence-electron chi connectivity index (χ3n) is 3.12. The molecular weight excluding hydrogens is 320 g/mol. The van der Waals surface area contributed by atoms with Crippen LogP contribution in [0.5, 0.6) is 5.75 Å². The molecule has 7 nitrogen and oxygen atoms in total. The van der Waals surface area contributed by atoms with Crippen LogP contribution >= 0.6 is 0 Å². The summed E-state index contributed by atoms with van der Waals surface area (Å²) in [5.41, 5.74) is 1.04. The molecule has 0 amide bonds. The van der Waals surface area contributed by atoms with Gasteiger partial charge in [0, 0.05) is 5.69 Å². The average molecular weight is 334 g/mol. The molecule has 8 heteroatoms. The molecule has 0 aliphatic rings. The fraction of sp³-hybridized carbons (Fsp3) is 0.133. The Kier molecular flexibility index (Phi) is 3.83. The number of hydrogen-bond donors (Lipinski definition) is 2. The van der Waals surface area contributed by atoms with Crippen LogP contribution in [0.4, 0.5) is 5.69 Å². The van der Waals surface area contributed by atoms with Gasteiger partial charge in [0.1, 0.15) is 5.75 Å². The molecule has 1 heterocycles. The second-order valence-electron chi connectivity index (χ2n) is 4.74. The van der Waals surface area contributed by atoms with Crippen LogP contribution in [0.1, 0.15) is 6.92 Å². The Labute approximate surface area is 131 Å². The molecule has 0 bridgehead atoms. The van der Waals surface area contributed by atoms with Gasteiger partial charge in [-0.1, -0.05) is 0 Å². The van der Waals surface area contributed by atoms with Gasteiger partial charge in [0.05, 0.1) is 17.0 Å². The highest BCUT2D eigenvalue weighted by Gasteiger charge is 2.16. The zero-order chi connectivity index (χ0) is 16.4. The predicted molar refractivity (Wildman–Crippen MR) is 85.3 cm³/mol. The lowest BCUT2D eigenvalue weighted by atomic mass is 10.3. The summed E-state index contributed by atoms with van der Waals surface area (Å²) >= 11 is 0. The molecule has 0 spiro atoms. The van der Waals surface area contributed by atoms with Crippen LogP contribution in [-0.2, 0) is 10.0 Å². The number of nitrogens with one attached hydrogen (secondary N) is 2. The third-order valence-corrected chi connectivity index (χ3v) is 4.50. The highest BCUT2D eigenvalue weighted by molar-refractivity contribution is 7.92. The molecule has 0 saturated heterocycles. The van der Waals surface area contributed by atoms with Crippen molar-refractivity contribution >= 4 is 26.8 Å².